The lowest BCUT2D eigenvalue weighted by molar-refractivity contribution is 0.223. The van der Waals surface area contributed by atoms with Gasteiger partial charge in [-0.2, -0.15) is 0 Å². The van der Waals surface area contributed by atoms with Crippen LogP contribution in [0.15, 0.2) is 18.2 Å². The molecule has 0 amide bonds. The minimum absolute atomic E-state index is 0.397. The highest BCUT2D eigenvalue weighted by Crippen LogP contribution is 2.28. The van der Waals surface area contributed by atoms with Crippen molar-refractivity contribution in [2.45, 2.75) is 32.7 Å². The zero-order chi connectivity index (χ0) is 10.8. The lowest BCUT2D eigenvalue weighted by atomic mass is 10.1. The maximum absolute atomic E-state index is 9.42. The first-order chi connectivity index (χ1) is 7.24. The number of fused-ring (bicyclic) bond motifs is 1. The van der Waals surface area contributed by atoms with E-state index in [4.69, 9.17) is 0 Å². The van der Waals surface area contributed by atoms with Crippen LogP contribution in [0, 0.1) is 0 Å². The van der Waals surface area contributed by atoms with Gasteiger partial charge in [-0.3, -0.25) is 0 Å². The van der Waals surface area contributed by atoms with Crippen molar-refractivity contribution in [3.05, 3.63) is 29.3 Å². The first-order valence-corrected chi connectivity index (χ1v) is 5.79. The molecule has 1 aliphatic rings. The molecule has 0 spiro atoms. The lowest BCUT2D eigenvalue weighted by Crippen LogP contribution is -2.35. The van der Waals surface area contributed by atoms with E-state index in [0.717, 1.165) is 25.9 Å². The highest BCUT2D eigenvalue weighted by atomic mass is 16.3. The zero-order valence-electron chi connectivity index (χ0n) is 9.53. The summed E-state index contributed by atoms with van der Waals surface area (Å²) < 4.78 is 0. The average Bonchev–Trinajstić information content (AvgIpc) is 2.62. The van der Waals surface area contributed by atoms with E-state index in [0.29, 0.717) is 11.8 Å². The Morgan fingerprint density at radius 3 is 2.53 bits per heavy atom. The van der Waals surface area contributed by atoms with Crippen LogP contribution in [0.4, 0.5) is 0 Å². The predicted octanol–water partition coefficient (Wildman–Crippen LogP) is 2.20. The molecule has 0 saturated heterocycles. The van der Waals surface area contributed by atoms with E-state index in [-0.39, 0.29) is 0 Å². The number of benzene rings is 1. The SMILES string of the molecule is CCN(CC)C1Cc2ccc(O)cc2C1. The fourth-order valence-electron chi connectivity index (χ4n) is 2.58. The van der Waals surface area contributed by atoms with Crippen molar-refractivity contribution < 1.29 is 5.11 Å². The van der Waals surface area contributed by atoms with E-state index < -0.39 is 0 Å². The molecule has 1 aromatic carbocycles. The first-order valence-electron chi connectivity index (χ1n) is 5.79. The van der Waals surface area contributed by atoms with Gasteiger partial charge in [0.2, 0.25) is 0 Å². The number of phenolic OH excluding ortho intramolecular Hbond substituents is 1. The van der Waals surface area contributed by atoms with Gasteiger partial charge in [-0.1, -0.05) is 19.9 Å². The van der Waals surface area contributed by atoms with Gasteiger partial charge in [-0.25, -0.2) is 0 Å². The lowest BCUT2D eigenvalue weighted by Gasteiger charge is -2.25. The number of nitrogens with zero attached hydrogens (tertiary/aromatic N) is 1. The quantitative estimate of drug-likeness (QED) is 0.817. The fraction of sp³-hybridized carbons (Fsp3) is 0.538. The average molecular weight is 205 g/mol. The third-order valence-corrected chi connectivity index (χ3v) is 3.43. The molecule has 15 heavy (non-hydrogen) atoms. The van der Waals surface area contributed by atoms with Crippen LogP contribution in [0.2, 0.25) is 0 Å². The summed E-state index contributed by atoms with van der Waals surface area (Å²) in [6, 6.07) is 6.41. The van der Waals surface area contributed by atoms with E-state index >= 15 is 0 Å². The Bertz CT molecular complexity index is 344. The molecule has 1 aromatic rings. The number of likely N-dealkylation sites (N-methyl/N-ethyl adjacent to an activating group) is 1. The Morgan fingerprint density at radius 1 is 1.20 bits per heavy atom. The third-order valence-electron chi connectivity index (χ3n) is 3.43. The Hall–Kier alpha value is -1.02. The smallest absolute Gasteiger partial charge is 0.115 e. The van der Waals surface area contributed by atoms with Crippen LogP contribution in [0.1, 0.15) is 25.0 Å². The summed E-state index contributed by atoms with van der Waals surface area (Å²) in [6.07, 6.45) is 2.22. The van der Waals surface area contributed by atoms with E-state index in [1.54, 1.807) is 6.07 Å². The molecule has 82 valence electrons. The van der Waals surface area contributed by atoms with Gasteiger partial charge < -0.3 is 10.0 Å². The largest absolute Gasteiger partial charge is 0.508 e. The Balaban J connectivity index is 2.15. The second kappa shape index (κ2) is 4.23. The summed E-state index contributed by atoms with van der Waals surface area (Å²) in [5.41, 5.74) is 2.73. The summed E-state index contributed by atoms with van der Waals surface area (Å²) in [5.74, 6) is 0.397. The van der Waals surface area contributed by atoms with Gasteiger partial charge in [0, 0.05) is 6.04 Å². The van der Waals surface area contributed by atoms with Crippen LogP contribution in [0.3, 0.4) is 0 Å². The second-order valence-electron chi connectivity index (χ2n) is 4.24. The van der Waals surface area contributed by atoms with E-state index in [9.17, 15) is 5.11 Å². The molecule has 2 rings (SSSR count). The Labute approximate surface area is 91.5 Å². The van der Waals surface area contributed by atoms with Crippen LogP contribution in [0.25, 0.3) is 0 Å². The standard InChI is InChI=1S/C13H19NO/c1-3-14(4-2)12-7-10-5-6-13(15)9-11(10)8-12/h5-6,9,12,15H,3-4,7-8H2,1-2H3. The minimum Gasteiger partial charge on any atom is -0.508 e. The molecule has 1 aliphatic carbocycles. The van der Waals surface area contributed by atoms with Crippen LogP contribution in [-0.2, 0) is 12.8 Å². The van der Waals surface area contributed by atoms with Crippen molar-refractivity contribution in [2.75, 3.05) is 13.1 Å². The molecule has 1 unspecified atom stereocenters. The number of aromatic hydroxyl groups is 1. The van der Waals surface area contributed by atoms with Gasteiger partial charge in [0.15, 0.2) is 0 Å². The molecule has 0 bridgehead atoms. The van der Waals surface area contributed by atoms with Crippen molar-refractivity contribution in [3.63, 3.8) is 0 Å². The predicted molar refractivity (Wildman–Crippen MR) is 62.2 cm³/mol. The highest BCUT2D eigenvalue weighted by molar-refractivity contribution is 5.39. The zero-order valence-corrected chi connectivity index (χ0v) is 9.53. The number of phenols is 1. The van der Waals surface area contributed by atoms with Crippen molar-refractivity contribution in [1.82, 2.24) is 4.90 Å². The molecule has 1 N–H and O–H groups in total. The second-order valence-corrected chi connectivity index (χ2v) is 4.24. The van der Waals surface area contributed by atoms with Gasteiger partial charge in [0.25, 0.3) is 0 Å². The van der Waals surface area contributed by atoms with Crippen molar-refractivity contribution in [1.29, 1.82) is 0 Å². The maximum Gasteiger partial charge on any atom is 0.115 e. The van der Waals surface area contributed by atoms with Gasteiger partial charge in [-0.05, 0) is 49.2 Å². The summed E-state index contributed by atoms with van der Waals surface area (Å²) in [6.45, 7) is 6.65. The van der Waals surface area contributed by atoms with Gasteiger partial charge in [0.05, 0.1) is 0 Å². The molecular formula is C13H19NO. The van der Waals surface area contributed by atoms with Gasteiger partial charge in [-0.15, -0.1) is 0 Å². The molecule has 0 heterocycles. The minimum atomic E-state index is 0.397. The highest BCUT2D eigenvalue weighted by Gasteiger charge is 2.25. The summed E-state index contributed by atoms with van der Waals surface area (Å²) >= 11 is 0. The normalized spacial score (nSPS) is 19.5. The van der Waals surface area contributed by atoms with Crippen LogP contribution in [-0.4, -0.2) is 29.1 Å². The fourth-order valence-corrected chi connectivity index (χ4v) is 2.58. The number of hydrogen-bond donors (Lipinski definition) is 1. The van der Waals surface area contributed by atoms with Crippen molar-refractivity contribution >= 4 is 0 Å². The first kappa shape index (κ1) is 10.5. The van der Waals surface area contributed by atoms with Crippen LogP contribution in [0.5, 0.6) is 5.75 Å². The van der Waals surface area contributed by atoms with Crippen molar-refractivity contribution in [3.8, 4) is 5.75 Å². The van der Waals surface area contributed by atoms with Crippen molar-refractivity contribution in [2.24, 2.45) is 0 Å². The van der Waals surface area contributed by atoms with Gasteiger partial charge in [0.1, 0.15) is 5.75 Å². The van der Waals surface area contributed by atoms with Gasteiger partial charge >= 0.3 is 0 Å². The molecule has 0 aromatic heterocycles. The maximum atomic E-state index is 9.42. The molecule has 1 atom stereocenters. The topological polar surface area (TPSA) is 23.5 Å². The Kier molecular flexibility index (Phi) is 2.96. The number of rotatable bonds is 3. The summed E-state index contributed by atoms with van der Waals surface area (Å²) in [7, 11) is 0. The van der Waals surface area contributed by atoms with E-state index in [1.807, 2.05) is 6.07 Å². The third kappa shape index (κ3) is 2.00. The van der Waals surface area contributed by atoms with Crippen LogP contribution < -0.4 is 0 Å². The number of hydrogen-bond acceptors (Lipinski definition) is 2. The summed E-state index contributed by atoms with van der Waals surface area (Å²) in [5, 5.41) is 9.42. The Morgan fingerprint density at radius 2 is 1.87 bits per heavy atom. The van der Waals surface area contributed by atoms with E-state index in [1.165, 1.54) is 11.1 Å². The molecule has 0 aliphatic heterocycles. The monoisotopic (exact) mass is 205 g/mol. The molecule has 0 radical (unpaired) electrons. The van der Waals surface area contributed by atoms with Crippen LogP contribution >= 0.6 is 0 Å². The molecule has 0 saturated carbocycles. The molecule has 2 nitrogen and oxygen atoms in total. The molecule has 2 heteroatoms. The van der Waals surface area contributed by atoms with E-state index in [2.05, 4.69) is 24.8 Å². The molecule has 0 fully saturated rings. The summed E-state index contributed by atoms with van der Waals surface area (Å²) in [4.78, 5) is 2.50. The molecular weight excluding hydrogens is 186 g/mol.